The number of benzene rings is 2. The first kappa shape index (κ1) is 20.9. The highest BCUT2D eigenvalue weighted by Crippen LogP contribution is 2.20. The Labute approximate surface area is 172 Å². The predicted octanol–water partition coefficient (Wildman–Crippen LogP) is 3.63. The van der Waals surface area contributed by atoms with Gasteiger partial charge in [0.05, 0.1) is 19.2 Å². The van der Waals surface area contributed by atoms with Crippen LogP contribution in [0.25, 0.3) is 0 Å². The molecule has 0 N–H and O–H groups in total. The average molecular weight is 396 g/mol. The Morgan fingerprint density at radius 1 is 0.966 bits per heavy atom. The van der Waals surface area contributed by atoms with Crippen molar-refractivity contribution < 1.29 is 14.3 Å². The first-order chi connectivity index (χ1) is 14.0. The smallest absolute Gasteiger partial charge is 0.337 e. The fourth-order valence-electron chi connectivity index (χ4n) is 3.52. The summed E-state index contributed by atoms with van der Waals surface area (Å²) in [6, 6.07) is 17.4. The van der Waals surface area contributed by atoms with E-state index in [1.807, 2.05) is 47.4 Å². The van der Waals surface area contributed by atoms with E-state index in [0.717, 1.165) is 37.4 Å². The molecule has 1 aliphatic rings. The number of ether oxygens (including phenoxy) is 1. The van der Waals surface area contributed by atoms with Gasteiger partial charge >= 0.3 is 12.0 Å². The molecule has 1 saturated heterocycles. The molecule has 0 aromatic heterocycles. The van der Waals surface area contributed by atoms with Gasteiger partial charge in [0.15, 0.2) is 0 Å². The van der Waals surface area contributed by atoms with Crippen molar-refractivity contribution in [3.63, 3.8) is 0 Å². The summed E-state index contributed by atoms with van der Waals surface area (Å²) >= 11 is 0. The highest BCUT2D eigenvalue weighted by molar-refractivity contribution is 5.92. The molecule has 0 saturated carbocycles. The van der Waals surface area contributed by atoms with Gasteiger partial charge in [-0.15, -0.1) is 0 Å². The number of hydrogen-bond donors (Lipinski definition) is 0. The molecular weight excluding hydrogens is 366 g/mol. The van der Waals surface area contributed by atoms with Crippen molar-refractivity contribution in [3.8, 4) is 0 Å². The molecule has 0 unspecified atom stereocenters. The number of anilines is 1. The quantitative estimate of drug-likeness (QED) is 0.726. The van der Waals surface area contributed by atoms with E-state index in [2.05, 4.69) is 18.7 Å². The summed E-state index contributed by atoms with van der Waals surface area (Å²) in [4.78, 5) is 31.1. The average Bonchev–Trinajstić information content (AvgIpc) is 2.77. The Bertz CT molecular complexity index is 813. The monoisotopic (exact) mass is 395 g/mol. The van der Waals surface area contributed by atoms with Gasteiger partial charge in [-0.25, -0.2) is 9.59 Å². The molecule has 1 fully saturated rings. The van der Waals surface area contributed by atoms with Crippen LogP contribution in [0.1, 0.15) is 29.8 Å². The summed E-state index contributed by atoms with van der Waals surface area (Å²) in [5.41, 5.74) is 2.31. The fraction of sp³-hybridized carbons (Fsp3) is 0.391. The van der Waals surface area contributed by atoms with Crippen molar-refractivity contribution in [3.05, 3.63) is 65.7 Å². The van der Waals surface area contributed by atoms with Crippen molar-refractivity contribution in [2.75, 3.05) is 38.2 Å². The Morgan fingerprint density at radius 2 is 1.59 bits per heavy atom. The Kier molecular flexibility index (Phi) is 6.88. The van der Waals surface area contributed by atoms with Crippen LogP contribution >= 0.6 is 0 Å². The molecule has 2 amide bonds. The number of carbonyl (C=O) groups excluding carboxylic acids is 2. The van der Waals surface area contributed by atoms with Crippen molar-refractivity contribution in [2.24, 2.45) is 0 Å². The minimum atomic E-state index is -0.365. The third kappa shape index (κ3) is 5.15. The lowest BCUT2D eigenvalue weighted by Gasteiger charge is -2.39. The topological polar surface area (TPSA) is 53.1 Å². The van der Waals surface area contributed by atoms with Crippen molar-refractivity contribution in [2.45, 2.75) is 26.4 Å². The van der Waals surface area contributed by atoms with Gasteiger partial charge in [-0.3, -0.25) is 9.80 Å². The van der Waals surface area contributed by atoms with E-state index >= 15 is 0 Å². The van der Waals surface area contributed by atoms with Gasteiger partial charge in [0.25, 0.3) is 0 Å². The molecule has 154 valence electrons. The minimum Gasteiger partial charge on any atom is -0.465 e. The molecule has 0 radical (unpaired) electrons. The van der Waals surface area contributed by atoms with E-state index in [1.165, 1.54) is 7.11 Å². The van der Waals surface area contributed by atoms with Crippen molar-refractivity contribution in [1.29, 1.82) is 0 Å². The normalized spacial score (nSPS) is 14.7. The van der Waals surface area contributed by atoms with E-state index in [4.69, 9.17) is 4.74 Å². The summed E-state index contributed by atoms with van der Waals surface area (Å²) in [6.07, 6.45) is 0. The highest BCUT2D eigenvalue weighted by Gasteiger charge is 2.27. The van der Waals surface area contributed by atoms with Gasteiger partial charge in [0.1, 0.15) is 0 Å². The van der Waals surface area contributed by atoms with Gasteiger partial charge < -0.3 is 9.64 Å². The number of urea groups is 1. The molecule has 2 aromatic rings. The lowest BCUT2D eigenvalue weighted by Crippen LogP contribution is -2.54. The molecule has 3 rings (SSSR count). The van der Waals surface area contributed by atoms with Crippen molar-refractivity contribution in [1.82, 2.24) is 9.80 Å². The van der Waals surface area contributed by atoms with Crippen LogP contribution in [-0.4, -0.2) is 61.1 Å². The molecule has 6 heteroatoms. The zero-order chi connectivity index (χ0) is 20.8. The van der Waals surface area contributed by atoms with Crippen LogP contribution in [0.3, 0.4) is 0 Å². The standard InChI is InChI=1S/C23H29N3O3/c1-18(2)24-13-15-25(16-14-24)23(28)26(21-7-5-4-6-8-21)17-19-9-11-20(12-10-19)22(27)29-3/h4-12,18H,13-17H2,1-3H3. The second kappa shape index (κ2) is 9.56. The van der Waals surface area contributed by atoms with Crippen molar-refractivity contribution >= 4 is 17.7 Å². The number of esters is 1. The maximum atomic E-state index is 13.4. The second-order valence-corrected chi connectivity index (χ2v) is 7.51. The van der Waals surface area contributed by atoms with E-state index in [0.29, 0.717) is 18.2 Å². The molecule has 0 spiro atoms. The van der Waals surface area contributed by atoms with Crippen LogP contribution in [-0.2, 0) is 11.3 Å². The number of amides is 2. The van der Waals surface area contributed by atoms with Gasteiger partial charge in [0.2, 0.25) is 0 Å². The summed E-state index contributed by atoms with van der Waals surface area (Å²) < 4.78 is 4.76. The lowest BCUT2D eigenvalue weighted by atomic mass is 10.1. The van der Waals surface area contributed by atoms with E-state index in [9.17, 15) is 9.59 Å². The SMILES string of the molecule is COC(=O)c1ccc(CN(C(=O)N2CCN(C(C)C)CC2)c2ccccc2)cc1. The Balaban J connectivity index is 1.77. The van der Waals surface area contributed by atoms with Crippen LogP contribution in [0.4, 0.5) is 10.5 Å². The summed E-state index contributed by atoms with van der Waals surface area (Å²) in [6.45, 7) is 8.04. The largest absolute Gasteiger partial charge is 0.465 e. The summed E-state index contributed by atoms with van der Waals surface area (Å²) in [7, 11) is 1.37. The van der Waals surface area contributed by atoms with E-state index in [1.54, 1.807) is 17.0 Å². The van der Waals surface area contributed by atoms with Crippen LogP contribution < -0.4 is 4.90 Å². The lowest BCUT2D eigenvalue weighted by molar-refractivity contribution is 0.0600. The van der Waals surface area contributed by atoms with Gasteiger partial charge in [0, 0.05) is 37.9 Å². The Hall–Kier alpha value is -2.86. The van der Waals surface area contributed by atoms with Crippen LogP contribution in [0.15, 0.2) is 54.6 Å². The predicted molar refractivity (Wildman–Crippen MR) is 114 cm³/mol. The molecule has 2 aromatic carbocycles. The number of para-hydroxylation sites is 1. The summed E-state index contributed by atoms with van der Waals surface area (Å²) in [5.74, 6) is -0.365. The molecule has 29 heavy (non-hydrogen) atoms. The van der Waals surface area contributed by atoms with Gasteiger partial charge in [-0.05, 0) is 43.7 Å². The van der Waals surface area contributed by atoms with Crippen LogP contribution in [0.2, 0.25) is 0 Å². The molecule has 0 atom stereocenters. The van der Waals surface area contributed by atoms with E-state index in [-0.39, 0.29) is 12.0 Å². The molecular formula is C23H29N3O3. The first-order valence-electron chi connectivity index (χ1n) is 10.0. The second-order valence-electron chi connectivity index (χ2n) is 7.51. The van der Waals surface area contributed by atoms with Crippen LogP contribution in [0, 0.1) is 0 Å². The summed E-state index contributed by atoms with van der Waals surface area (Å²) in [5, 5.41) is 0. The molecule has 0 aliphatic carbocycles. The van der Waals surface area contributed by atoms with Gasteiger partial charge in [-0.2, -0.15) is 0 Å². The number of nitrogens with zero attached hydrogens (tertiary/aromatic N) is 3. The zero-order valence-corrected chi connectivity index (χ0v) is 17.4. The molecule has 0 bridgehead atoms. The number of piperazine rings is 1. The maximum absolute atomic E-state index is 13.4. The molecule has 6 nitrogen and oxygen atoms in total. The molecule has 1 heterocycles. The number of hydrogen-bond acceptors (Lipinski definition) is 4. The number of carbonyl (C=O) groups is 2. The molecule has 1 aliphatic heterocycles. The third-order valence-electron chi connectivity index (χ3n) is 5.33. The fourth-order valence-corrected chi connectivity index (χ4v) is 3.52. The third-order valence-corrected chi connectivity index (χ3v) is 5.33. The first-order valence-corrected chi connectivity index (χ1v) is 10.0. The zero-order valence-electron chi connectivity index (χ0n) is 17.4. The number of rotatable bonds is 5. The minimum absolute atomic E-state index is 0.0108. The van der Waals surface area contributed by atoms with Gasteiger partial charge in [-0.1, -0.05) is 30.3 Å². The number of methoxy groups -OCH3 is 1. The van der Waals surface area contributed by atoms with Crippen LogP contribution in [0.5, 0.6) is 0 Å². The van der Waals surface area contributed by atoms with E-state index < -0.39 is 0 Å². The highest BCUT2D eigenvalue weighted by atomic mass is 16.5. The Morgan fingerprint density at radius 3 is 2.14 bits per heavy atom. The maximum Gasteiger partial charge on any atom is 0.337 e.